The summed E-state index contributed by atoms with van der Waals surface area (Å²) in [6.07, 6.45) is 3.53. The minimum absolute atomic E-state index is 0.367. The van der Waals surface area contributed by atoms with Crippen LogP contribution < -0.4 is 0 Å². The summed E-state index contributed by atoms with van der Waals surface area (Å²) in [5, 5.41) is 1.62. The molecule has 0 aliphatic carbocycles. The van der Waals surface area contributed by atoms with E-state index >= 15 is 0 Å². The van der Waals surface area contributed by atoms with Gasteiger partial charge >= 0.3 is 0 Å². The molecule has 3 rings (SSSR count). The largest absolute Gasteiger partial charge is 0.161 e. The number of hydrogen-bond acceptors (Lipinski definition) is 1. The van der Waals surface area contributed by atoms with Crippen LogP contribution in [0.2, 0.25) is 10.0 Å². The van der Waals surface area contributed by atoms with E-state index in [4.69, 9.17) is 23.2 Å². The number of thioether (sulfide) groups is 1. The summed E-state index contributed by atoms with van der Waals surface area (Å²) in [6.45, 7) is 0. The molecule has 3 heteroatoms. The van der Waals surface area contributed by atoms with Crippen LogP contribution in [0.15, 0.2) is 48.5 Å². The van der Waals surface area contributed by atoms with E-state index in [2.05, 4.69) is 36.0 Å². The summed E-state index contributed by atoms with van der Waals surface area (Å²) in [7, 11) is 0. The Morgan fingerprint density at radius 3 is 1.67 bits per heavy atom. The molecule has 21 heavy (non-hydrogen) atoms. The zero-order valence-electron chi connectivity index (χ0n) is 11.8. The van der Waals surface area contributed by atoms with Crippen LogP contribution in [0.4, 0.5) is 0 Å². The number of halogens is 2. The molecular formula is C18H18Cl2S. The van der Waals surface area contributed by atoms with E-state index < -0.39 is 0 Å². The molecule has 1 heterocycles. The highest BCUT2D eigenvalue weighted by atomic mass is 35.5. The van der Waals surface area contributed by atoms with E-state index in [-0.39, 0.29) is 0 Å². The van der Waals surface area contributed by atoms with Gasteiger partial charge in [0.15, 0.2) is 0 Å². The van der Waals surface area contributed by atoms with Crippen LogP contribution in [0.25, 0.3) is 0 Å². The van der Waals surface area contributed by atoms with Crippen molar-refractivity contribution in [2.45, 2.75) is 19.3 Å². The first-order valence-corrected chi connectivity index (χ1v) is 9.13. The lowest BCUT2D eigenvalue weighted by molar-refractivity contribution is 0.331. The molecule has 0 radical (unpaired) electrons. The molecule has 110 valence electrons. The predicted molar refractivity (Wildman–Crippen MR) is 94.7 cm³/mol. The van der Waals surface area contributed by atoms with Crippen molar-refractivity contribution in [3.8, 4) is 0 Å². The Labute approximate surface area is 140 Å². The van der Waals surface area contributed by atoms with Crippen LogP contribution in [-0.2, 0) is 12.8 Å². The summed E-state index contributed by atoms with van der Waals surface area (Å²) in [5.74, 6) is 2.50. The molecule has 0 amide bonds. The molecule has 1 aliphatic heterocycles. The zero-order valence-corrected chi connectivity index (χ0v) is 14.1. The van der Waals surface area contributed by atoms with E-state index in [1.54, 1.807) is 0 Å². The van der Waals surface area contributed by atoms with E-state index in [0.29, 0.717) is 5.41 Å². The number of benzene rings is 2. The fourth-order valence-electron chi connectivity index (χ4n) is 3.06. The lowest BCUT2D eigenvalue weighted by atomic mass is 9.76. The minimum Gasteiger partial charge on any atom is -0.161 e. The summed E-state index contributed by atoms with van der Waals surface area (Å²) in [6, 6.07) is 16.6. The summed E-state index contributed by atoms with van der Waals surface area (Å²) in [5.41, 5.74) is 3.14. The van der Waals surface area contributed by atoms with Crippen LogP contribution in [0.5, 0.6) is 0 Å². The Morgan fingerprint density at radius 2 is 1.29 bits per heavy atom. The highest BCUT2D eigenvalue weighted by Crippen LogP contribution is 2.42. The molecule has 0 saturated carbocycles. The average molecular weight is 337 g/mol. The van der Waals surface area contributed by atoms with Gasteiger partial charge < -0.3 is 0 Å². The average Bonchev–Trinajstić information content (AvgIpc) is 2.92. The highest BCUT2D eigenvalue weighted by Gasteiger charge is 2.34. The molecule has 0 spiro atoms. The van der Waals surface area contributed by atoms with Gasteiger partial charge in [-0.2, -0.15) is 11.8 Å². The van der Waals surface area contributed by atoms with Crippen molar-refractivity contribution < 1.29 is 0 Å². The zero-order chi connectivity index (χ0) is 14.7. The van der Waals surface area contributed by atoms with Gasteiger partial charge in [0.2, 0.25) is 0 Å². The molecule has 0 unspecified atom stereocenters. The molecule has 0 N–H and O–H groups in total. The van der Waals surface area contributed by atoms with Crippen molar-refractivity contribution in [3.05, 3.63) is 69.7 Å². The third-order valence-electron chi connectivity index (χ3n) is 4.17. The molecular weight excluding hydrogens is 319 g/mol. The molecule has 1 aliphatic rings. The van der Waals surface area contributed by atoms with Gasteiger partial charge in [0.05, 0.1) is 0 Å². The predicted octanol–water partition coefficient (Wildman–Crippen LogP) is 5.90. The van der Waals surface area contributed by atoms with Crippen molar-refractivity contribution in [2.24, 2.45) is 5.41 Å². The van der Waals surface area contributed by atoms with Gasteiger partial charge in [0.25, 0.3) is 0 Å². The fraction of sp³-hybridized carbons (Fsp3) is 0.333. The van der Waals surface area contributed by atoms with Gasteiger partial charge in [-0.05, 0) is 71.6 Å². The van der Waals surface area contributed by atoms with Crippen molar-refractivity contribution in [2.75, 3.05) is 11.5 Å². The summed E-state index contributed by atoms with van der Waals surface area (Å²) >= 11 is 14.1. The van der Waals surface area contributed by atoms with Crippen LogP contribution >= 0.6 is 35.0 Å². The first kappa shape index (κ1) is 15.3. The maximum atomic E-state index is 5.99. The fourth-order valence-corrected chi connectivity index (χ4v) is 4.82. The molecule has 0 bridgehead atoms. The molecule has 2 aromatic carbocycles. The molecule has 0 aromatic heterocycles. The third-order valence-corrected chi connectivity index (χ3v) is 5.98. The van der Waals surface area contributed by atoms with Gasteiger partial charge in [-0.25, -0.2) is 0 Å². The standard InChI is InChI=1S/C18H18Cl2S/c19-16-5-1-14(2-6-16)11-18(9-10-21-13-18)12-15-3-7-17(20)8-4-15/h1-8H,9-13H2. The lowest BCUT2D eigenvalue weighted by Crippen LogP contribution is -2.26. The van der Waals surface area contributed by atoms with Gasteiger partial charge in [-0.1, -0.05) is 47.5 Å². The molecule has 2 aromatic rings. The second-order valence-electron chi connectivity index (χ2n) is 5.91. The first-order chi connectivity index (χ1) is 10.2. The molecule has 0 atom stereocenters. The van der Waals surface area contributed by atoms with Gasteiger partial charge in [-0.15, -0.1) is 0 Å². The Bertz CT molecular complexity index is 534. The van der Waals surface area contributed by atoms with Gasteiger partial charge in [0, 0.05) is 10.0 Å². The van der Waals surface area contributed by atoms with Crippen molar-refractivity contribution in [3.63, 3.8) is 0 Å². The number of hydrogen-bond donors (Lipinski definition) is 0. The maximum absolute atomic E-state index is 5.99. The van der Waals surface area contributed by atoms with Crippen LogP contribution in [0.1, 0.15) is 17.5 Å². The van der Waals surface area contributed by atoms with Crippen LogP contribution in [0.3, 0.4) is 0 Å². The Kier molecular flexibility index (Phi) is 4.83. The molecule has 0 nitrogen and oxygen atoms in total. The van der Waals surface area contributed by atoms with Crippen molar-refractivity contribution in [1.29, 1.82) is 0 Å². The van der Waals surface area contributed by atoms with Gasteiger partial charge in [-0.3, -0.25) is 0 Å². The van der Waals surface area contributed by atoms with Crippen molar-refractivity contribution >= 4 is 35.0 Å². The summed E-state index contributed by atoms with van der Waals surface area (Å²) < 4.78 is 0. The number of rotatable bonds is 4. The van der Waals surface area contributed by atoms with E-state index in [9.17, 15) is 0 Å². The van der Waals surface area contributed by atoms with Gasteiger partial charge in [0.1, 0.15) is 0 Å². The maximum Gasteiger partial charge on any atom is 0.0406 e. The molecule has 1 saturated heterocycles. The molecule has 1 fully saturated rings. The SMILES string of the molecule is Clc1ccc(CC2(Cc3ccc(Cl)cc3)CCSC2)cc1. The Balaban J connectivity index is 1.79. The van der Waals surface area contributed by atoms with Crippen LogP contribution in [-0.4, -0.2) is 11.5 Å². The van der Waals surface area contributed by atoms with E-state index in [0.717, 1.165) is 22.9 Å². The first-order valence-electron chi connectivity index (χ1n) is 7.22. The van der Waals surface area contributed by atoms with E-state index in [1.807, 2.05) is 24.3 Å². The quantitative estimate of drug-likeness (QED) is 0.669. The third kappa shape index (κ3) is 3.97. The minimum atomic E-state index is 0.367. The Hall–Kier alpha value is -0.630. The second-order valence-corrected chi connectivity index (χ2v) is 7.89. The lowest BCUT2D eigenvalue weighted by Gasteiger charge is -2.29. The normalized spacial score (nSPS) is 17.0. The van der Waals surface area contributed by atoms with Crippen LogP contribution in [0, 0.1) is 5.41 Å². The summed E-state index contributed by atoms with van der Waals surface area (Å²) in [4.78, 5) is 0. The van der Waals surface area contributed by atoms with Crippen molar-refractivity contribution in [1.82, 2.24) is 0 Å². The smallest absolute Gasteiger partial charge is 0.0406 e. The van der Waals surface area contributed by atoms with E-state index in [1.165, 1.54) is 29.1 Å². The topological polar surface area (TPSA) is 0 Å². The second kappa shape index (κ2) is 6.64. The highest BCUT2D eigenvalue weighted by molar-refractivity contribution is 7.99. The monoisotopic (exact) mass is 336 g/mol. The Morgan fingerprint density at radius 1 is 0.810 bits per heavy atom.